The van der Waals surface area contributed by atoms with Crippen molar-refractivity contribution in [3.8, 4) is 0 Å². The van der Waals surface area contributed by atoms with Crippen LogP contribution in [-0.2, 0) is 4.79 Å². The Labute approximate surface area is 60.8 Å². The molecule has 2 nitrogen and oxygen atoms in total. The van der Waals surface area contributed by atoms with Crippen molar-refractivity contribution in [2.45, 2.75) is 26.8 Å². The van der Waals surface area contributed by atoms with Crippen molar-refractivity contribution in [1.29, 1.82) is 0 Å². The molecule has 0 aromatic rings. The van der Waals surface area contributed by atoms with Crippen molar-refractivity contribution in [2.24, 2.45) is 5.41 Å². The average Bonchev–Trinajstić information content (AvgIpc) is 1.89. The fourth-order valence-electron chi connectivity index (χ4n) is 0.443. The van der Waals surface area contributed by atoms with Gasteiger partial charge in [0.2, 0.25) is 6.41 Å². The zero-order valence-electron chi connectivity index (χ0n) is 6.65. The number of halogens is 1. The molecule has 0 fully saturated rings. The van der Waals surface area contributed by atoms with E-state index in [4.69, 9.17) is 0 Å². The Bertz CT molecular complexity index is 114. The van der Waals surface area contributed by atoms with Gasteiger partial charge in [0.05, 0.1) is 6.67 Å². The molecular weight excluding hydrogens is 133 g/mol. The highest BCUT2D eigenvalue weighted by Gasteiger charge is 2.24. The number of hydrogen-bond acceptors (Lipinski definition) is 1. The van der Waals surface area contributed by atoms with Crippen molar-refractivity contribution in [3.05, 3.63) is 0 Å². The molecule has 0 heterocycles. The van der Waals surface area contributed by atoms with Crippen LogP contribution in [0.3, 0.4) is 0 Å². The van der Waals surface area contributed by atoms with Crippen LogP contribution in [0.4, 0.5) is 4.39 Å². The minimum atomic E-state index is -0.457. The summed E-state index contributed by atoms with van der Waals surface area (Å²) in [5.74, 6) is 0. The molecule has 0 aromatic carbocycles. The molecule has 60 valence electrons. The maximum Gasteiger partial charge on any atom is 0.207 e. The van der Waals surface area contributed by atoms with E-state index in [0.717, 1.165) is 0 Å². The first-order chi connectivity index (χ1) is 4.54. The number of carbonyl (C=O) groups excluding carboxylic acids is 1. The fraction of sp³-hybridized carbons (Fsp3) is 0.857. The predicted octanol–water partition coefficient (Wildman–Crippen LogP) is 1.12. The molecule has 0 aromatic heterocycles. The lowest BCUT2D eigenvalue weighted by Gasteiger charge is -2.27. The van der Waals surface area contributed by atoms with Crippen molar-refractivity contribution in [1.82, 2.24) is 5.32 Å². The summed E-state index contributed by atoms with van der Waals surface area (Å²) in [7, 11) is 0. The summed E-state index contributed by atoms with van der Waals surface area (Å²) < 4.78 is 12.2. The molecule has 1 unspecified atom stereocenters. The van der Waals surface area contributed by atoms with Crippen molar-refractivity contribution < 1.29 is 9.18 Å². The third-order valence-corrected chi connectivity index (χ3v) is 1.83. The Morgan fingerprint density at radius 2 is 2.20 bits per heavy atom. The van der Waals surface area contributed by atoms with Crippen molar-refractivity contribution in [3.63, 3.8) is 0 Å². The third kappa shape index (κ3) is 2.33. The first kappa shape index (κ1) is 9.40. The van der Waals surface area contributed by atoms with Crippen molar-refractivity contribution in [2.75, 3.05) is 6.67 Å². The first-order valence-corrected chi connectivity index (χ1v) is 3.30. The summed E-state index contributed by atoms with van der Waals surface area (Å²) in [5.41, 5.74) is -0.457. The molecular formula is C7H14FNO. The monoisotopic (exact) mass is 147 g/mol. The Kier molecular flexibility index (Phi) is 3.33. The summed E-state index contributed by atoms with van der Waals surface area (Å²) in [5, 5.41) is 2.52. The van der Waals surface area contributed by atoms with Crippen LogP contribution in [0.2, 0.25) is 0 Å². The zero-order valence-corrected chi connectivity index (χ0v) is 6.65. The summed E-state index contributed by atoms with van der Waals surface area (Å²) in [6.07, 6.45) is 0.599. The Balaban J connectivity index is 3.89. The molecule has 3 heteroatoms. The minimum Gasteiger partial charge on any atom is -0.356 e. The quantitative estimate of drug-likeness (QED) is 0.593. The average molecular weight is 147 g/mol. The van der Waals surface area contributed by atoms with Gasteiger partial charge in [-0.1, -0.05) is 13.8 Å². The maximum absolute atomic E-state index is 12.2. The normalized spacial score (nSPS) is 14.4. The maximum atomic E-state index is 12.2. The van der Waals surface area contributed by atoms with Crippen LogP contribution in [0, 0.1) is 5.41 Å². The second-order valence-corrected chi connectivity index (χ2v) is 3.13. The molecule has 0 bridgehead atoms. The molecule has 10 heavy (non-hydrogen) atoms. The largest absolute Gasteiger partial charge is 0.356 e. The molecule has 0 radical (unpaired) electrons. The highest BCUT2D eigenvalue weighted by Crippen LogP contribution is 2.19. The molecule has 1 atom stereocenters. The van der Waals surface area contributed by atoms with Gasteiger partial charge in [-0.15, -0.1) is 0 Å². The van der Waals surface area contributed by atoms with E-state index >= 15 is 0 Å². The zero-order chi connectivity index (χ0) is 8.20. The van der Waals surface area contributed by atoms with Crippen LogP contribution >= 0.6 is 0 Å². The minimum absolute atomic E-state index is 0.116. The van der Waals surface area contributed by atoms with Gasteiger partial charge in [0.1, 0.15) is 0 Å². The van der Waals surface area contributed by atoms with E-state index in [0.29, 0.717) is 6.41 Å². The smallest absolute Gasteiger partial charge is 0.207 e. The van der Waals surface area contributed by atoms with Gasteiger partial charge in [-0.05, 0) is 6.92 Å². The second-order valence-electron chi connectivity index (χ2n) is 3.13. The Morgan fingerprint density at radius 3 is 2.50 bits per heavy atom. The lowest BCUT2D eigenvalue weighted by molar-refractivity contribution is -0.110. The topological polar surface area (TPSA) is 29.1 Å². The number of alkyl halides is 1. The van der Waals surface area contributed by atoms with Gasteiger partial charge >= 0.3 is 0 Å². The molecule has 0 rings (SSSR count). The number of nitrogens with one attached hydrogen (secondary N) is 1. The lowest BCUT2D eigenvalue weighted by atomic mass is 9.87. The fourth-order valence-corrected chi connectivity index (χ4v) is 0.443. The van der Waals surface area contributed by atoms with Crippen molar-refractivity contribution >= 4 is 6.41 Å². The first-order valence-electron chi connectivity index (χ1n) is 3.30. The van der Waals surface area contributed by atoms with E-state index in [-0.39, 0.29) is 6.04 Å². The van der Waals surface area contributed by atoms with Gasteiger partial charge in [-0.2, -0.15) is 0 Å². The second kappa shape index (κ2) is 3.54. The Hall–Kier alpha value is -0.600. The molecule has 0 aliphatic carbocycles. The predicted molar refractivity (Wildman–Crippen MR) is 38.4 cm³/mol. The number of carbonyl (C=O) groups is 1. The van der Waals surface area contributed by atoms with Gasteiger partial charge in [0.15, 0.2) is 0 Å². The van der Waals surface area contributed by atoms with E-state index in [2.05, 4.69) is 5.32 Å². The molecule has 0 saturated heterocycles. The molecule has 1 amide bonds. The summed E-state index contributed by atoms with van der Waals surface area (Å²) in [6.45, 7) is 4.91. The molecule has 0 aliphatic heterocycles. The highest BCUT2D eigenvalue weighted by molar-refractivity contribution is 5.46. The third-order valence-electron chi connectivity index (χ3n) is 1.83. The lowest BCUT2D eigenvalue weighted by Crippen LogP contribution is -2.40. The molecule has 0 spiro atoms. The van der Waals surface area contributed by atoms with Gasteiger partial charge in [0, 0.05) is 11.5 Å². The highest BCUT2D eigenvalue weighted by atomic mass is 19.1. The van der Waals surface area contributed by atoms with E-state index < -0.39 is 12.1 Å². The van der Waals surface area contributed by atoms with Gasteiger partial charge in [0.25, 0.3) is 0 Å². The number of rotatable bonds is 4. The summed E-state index contributed by atoms with van der Waals surface area (Å²) in [4.78, 5) is 9.94. The van der Waals surface area contributed by atoms with Gasteiger partial charge < -0.3 is 5.32 Å². The number of hydrogen-bond donors (Lipinski definition) is 1. The van der Waals surface area contributed by atoms with Crippen LogP contribution in [0.15, 0.2) is 0 Å². The molecule has 0 aliphatic rings. The van der Waals surface area contributed by atoms with E-state index in [1.54, 1.807) is 20.8 Å². The van der Waals surface area contributed by atoms with Crippen LogP contribution in [0.5, 0.6) is 0 Å². The summed E-state index contributed by atoms with van der Waals surface area (Å²) >= 11 is 0. The van der Waals surface area contributed by atoms with E-state index in [9.17, 15) is 9.18 Å². The van der Waals surface area contributed by atoms with Crippen LogP contribution < -0.4 is 5.32 Å². The van der Waals surface area contributed by atoms with Crippen LogP contribution in [-0.4, -0.2) is 19.1 Å². The van der Waals surface area contributed by atoms with E-state index in [1.165, 1.54) is 0 Å². The molecule has 1 N–H and O–H groups in total. The number of amides is 1. The van der Waals surface area contributed by atoms with Crippen LogP contribution in [0.1, 0.15) is 20.8 Å². The SMILES string of the molecule is CC(NC=O)C(C)(C)CF. The molecule has 0 saturated carbocycles. The van der Waals surface area contributed by atoms with Gasteiger partial charge in [-0.25, -0.2) is 0 Å². The summed E-state index contributed by atoms with van der Waals surface area (Å²) in [6, 6.07) is -0.116. The van der Waals surface area contributed by atoms with Crippen LogP contribution in [0.25, 0.3) is 0 Å². The standard InChI is InChI=1S/C7H14FNO/c1-6(9-5-10)7(2,3)4-8/h5-6H,4H2,1-3H3,(H,9,10). The van der Waals surface area contributed by atoms with E-state index in [1.807, 2.05) is 0 Å². The Morgan fingerprint density at radius 1 is 1.70 bits per heavy atom. The van der Waals surface area contributed by atoms with Gasteiger partial charge in [-0.3, -0.25) is 9.18 Å².